The Labute approximate surface area is 135 Å². The van der Waals surface area contributed by atoms with Crippen LogP contribution in [0.5, 0.6) is 0 Å². The largest absolute Gasteiger partial charge is 0.367 e. The molecule has 21 heavy (non-hydrogen) atoms. The van der Waals surface area contributed by atoms with Gasteiger partial charge >= 0.3 is 0 Å². The summed E-state index contributed by atoms with van der Waals surface area (Å²) in [5, 5.41) is 8.14. The Bertz CT molecular complexity index is 712. The molecule has 5 nitrogen and oxygen atoms in total. The van der Waals surface area contributed by atoms with Crippen molar-refractivity contribution in [3.63, 3.8) is 0 Å². The highest BCUT2D eigenvalue weighted by molar-refractivity contribution is 9.10. The summed E-state index contributed by atoms with van der Waals surface area (Å²) in [5.74, 6) is 0. The van der Waals surface area contributed by atoms with Crippen LogP contribution in [-0.4, -0.2) is 36.0 Å². The van der Waals surface area contributed by atoms with Gasteiger partial charge in [-0.15, -0.1) is 0 Å². The minimum atomic E-state index is -0.187. The van der Waals surface area contributed by atoms with Gasteiger partial charge in [-0.3, -0.25) is 4.79 Å². The Hall–Kier alpha value is -1.37. The molecule has 1 aliphatic heterocycles. The number of halogens is 2. The smallest absolute Gasteiger partial charge is 0.287 e. The van der Waals surface area contributed by atoms with Gasteiger partial charge < -0.3 is 10.2 Å². The van der Waals surface area contributed by atoms with E-state index in [9.17, 15) is 4.79 Å². The lowest BCUT2D eigenvalue weighted by atomic mass is 10.3. The number of benzene rings is 1. The van der Waals surface area contributed by atoms with E-state index in [0.29, 0.717) is 15.2 Å². The molecule has 0 bridgehead atoms. The molecule has 0 aliphatic carbocycles. The monoisotopic (exact) mass is 368 g/mol. The van der Waals surface area contributed by atoms with Gasteiger partial charge in [0.25, 0.3) is 5.56 Å². The van der Waals surface area contributed by atoms with E-state index < -0.39 is 0 Å². The van der Waals surface area contributed by atoms with Gasteiger partial charge in [0.1, 0.15) is 4.47 Å². The molecule has 1 aliphatic rings. The quantitative estimate of drug-likeness (QED) is 0.880. The van der Waals surface area contributed by atoms with Gasteiger partial charge in [0.05, 0.1) is 17.6 Å². The number of piperazine rings is 1. The fourth-order valence-electron chi connectivity index (χ4n) is 2.34. The molecule has 1 aromatic heterocycles. The Balaban J connectivity index is 2.02. The highest BCUT2D eigenvalue weighted by Crippen LogP contribution is 2.23. The molecule has 7 heteroatoms. The lowest BCUT2D eigenvalue weighted by Gasteiger charge is -2.29. The molecule has 3 rings (SSSR count). The molecule has 1 saturated heterocycles. The molecule has 2 heterocycles. The van der Waals surface area contributed by atoms with Crippen LogP contribution in [0.15, 0.2) is 39.7 Å². The maximum absolute atomic E-state index is 12.5. The van der Waals surface area contributed by atoms with Crippen molar-refractivity contribution in [2.75, 3.05) is 31.1 Å². The van der Waals surface area contributed by atoms with Crippen molar-refractivity contribution in [1.82, 2.24) is 15.1 Å². The summed E-state index contributed by atoms with van der Waals surface area (Å²) in [6.45, 7) is 3.54. The van der Waals surface area contributed by atoms with Crippen molar-refractivity contribution >= 4 is 33.2 Å². The van der Waals surface area contributed by atoms with Gasteiger partial charge in [-0.05, 0) is 34.1 Å². The van der Waals surface area contributed by atoms with Crippen LogP contribution in [0.1, 0.15) is 0 Å². The first-order valence-corrected chi connectivity index (χ1v) is 7.83. The minimum Gasteiger partial charge on any atom is -0.367 e. The number of hydrogen-bond acceptors (Lipinski definition) is 4. The zero-order chi connectivity index (χ0) is 14.8. The van der Waals surface area contributed by atoms with Crippen molar-refractivity contribution in [3.05, 3.63) is 50.3 Å². The van der Waals surface area contributed by atoms with Crippen LogP contribution in [0.3, 0.4) is 0 Å². The summed E-state index contributed by atoms with van der Waals surface area (Å²) in [7, 11) is 0. The van der Waals surface area contributed by atoms with E-state index in [2.05, 4.69) is 31.2 Å². The third-order valence-electron chi connectivity index (χ3n) is 3.41. The van der Waals surface area contributed by atoms with Crippen LogP contribution in [0.2, 0.25) is 5.02 Å². The fraction of sp³-hybridized carbons (Fsp3) is 0.286. The second kappa shape index (κ2) is 6.17. The van der Waals surface area contributed by atoms with E-state index in [0.717, 1.165) is 31.9 Å². The van der Waals surface area contributed by atoms with Gasteiger partial charge in [0, 0.05) is 31.2 Å². The predicted molar refractivity (Wildman–Crippen MR) is 87.6 cm³/mol. The molecule has 2 aromatic rings. The normalized spacial score (nSPS) is 15.2. The highest BCUT2D eigenvalue weighted by Gasteiger charge is 2.17. The molecule has 0 spiro atoms. The number of anilines is 1. The second-order valence-electron chi connectivity index (χ2n) is 4.78. The van der Waals surface area contributed by atoms with Crippen LogP contribution < -0.4 is 15.8 Å². The second-order valence-corrected chi connectivity index (χ2v) is 6.01. The molecule has 0 saturated carbocycles. The van der Waals surface area contributed by atoms with Gasteiger partial charge in [-0.2, -0.15) is 9.78 Å². The fourth-order valence-corrected chi connectivity index (χ4v) is 3.05. The Morgan fingerprint density at radius 2 is 2.05 bits per heavy atom. The lowest BCUT2D eigenvalue weighted by Crippen LogP contribution is -2.44. The molecule has 1 aromatic carbocycles. The first kappa shape index (κ1) is 14.6. The topological polar surface area (TPSA) is 50.2 Å². The molecule has 110 valence electrons. The molecule has 0 radical (unpaired) electrons. The van der Waals surface area contributed by atoms with Crippen molar-refractivity contribution in [3.8, 4) is 5.69 Å². The Morgan fingerprint density at radius 1 is 1.29 bits per heavy atom. The SMILES string of the molecule is O=c1c(Br)c(N2CCNCC2)cnn1-c1cccc(Cl)c1. The zero-order valence-corrected chi connectivity index (χ0v) is 13.6. The third-order valence-corrected chi connectivity index (χ3v) is 4.39. The van der Waals surface area contributed by atoms with Crippen LogP contribution in [0.4, 0.5) is 5.69 Å². The maximum Gasteiger partial charge on any atom is 0.287 e. The number of nitrogens with one attached hydrogen (secondary N) is 1. The molecule has 0 atom stereocenters. The molecule has 0 unspecified atom stereocenters. The number of rotatable bonds is 2. The first-order chi connectivity index (χ1) is 10.2. The third kappa shape index (κ3) is 2.97. The summed E-state index contributed by atoms with van der Waals surface area (Å²) < 4.78 is 1.88. The van der Waals surface area contributed by atoms with E-state index in [1.807, 2.05) is 0 Å². The summed E-state index contributed by atoms with van der Waals surface area (Å²) in [5.41, 5.74) is 1.30. The summed E-state index contributed by atoms with van der Waals surface area (Å²) in [6, 6.07) is 7.08. The van der Waals surface area contributed by atoms with Gasteiger partial charge in [0.2, 0.25) is 0 Å². The van der Waals surface area contributed by atoms with E-state index in [1.165, 1.54) is 4.68 Å². The van der Waals surface area contributed by atoms with Crippen molar-refractivity contribution in [2.24, 2.45) is 0 Å². The summed E-state index contributed by atoms with van der Waals surface area (Å²) in [6.07, 6.45) is 1.72. The molecule has 0 amide bonds. The van der Waals surface area contributed by atoms with Crippen LogP contribution in [0, 0.1) is 0 Å². The summed E-state index contributed by atoms with van der Waals surface area (Å²) >= 11 is 9.38. The van der Waals surface area contributed by atoms with Gasteiger partial charge in [0.15, 0.2) is 0 Å². The Kier molecular flexibility index (Phi) is 4.28. The van der Waals surface area contributed by atoms with Crippen molar-refractivity contribution in [2.45, 2.75) is 0 Å². The van der Waals surface area contributed by atoms with Crippen LogP contribution in [0.25, 0.3) is 5.69 Å². The van der Waals surface area contributed by atoms with Crippen LogP contribution in [-0.2, 0) is 0 Å². The molecule has 1 N–H and O–H groups in total. The Morgan fingerprint density at radius 3 is 2.76 bits per heavy atom. The van der Waals surface area contributed by atoms with Crippen molar-refractivity contribution < 1.29 is 0 Å². The minimum absolute atomic E-state index is 0.187. The summed E-state index contributed by atoms with van der Waals surface area (Å²) in [4.78, 5) is 14.7. The standard InChI is InChI=1S/C14H14BrClN4O/c15-13-12(19-6-4-17-5-7-19)9-18-20(14(13)21)11-3-1-2-10(16)8-11/h1-3,8-9,17H,4-7H2. The van der Waals surface area contributed by atoms with E-state index in [1.54, 1.807) is 30.5 Å². The number of nitrogens with zero attached hydrogens (tertiary/aromatic N) is 3. The number of aromatic nitrogens is 2. The van der Waals surface area contributed by atoms with Crippen LogP contribution >= 0.6 is 27.5 Å². The van der Waals surface area contributed by atoms with Gasteiger partial charge in [-0.25, -0.2) is 0 Å². The molecular weight excluding hydrogens is 356 g/mol. The maximum atomic E-state index is 12.5. The highest BCUT2D eigenvalue weighted by atomic mass is 79.9. The van der Waals surface area contributed by atoms with Crippen molar-refractivity contribution in [1.29, 1.82) is 0 Å². The molecule has 1 fully saturated rings. The molecular formula is C14H14BrClN4O. The predicted octanol–water partition coefficient (Wildman–Crippen LogP) is 2.06. The van der Waals surface area contributed by atoms with E-state index in [-0.39, 0.29) is 5.56 Å². The lowest BCUT2D eigenvalue weighted by molar-refractivity contribution is 0.586. The van der Waals surface area contributed by atoms with E-state index >= 15 is 0 Å². The average Bonchev–Trinajstić information content (AvgIpc) is 2.51. The number of hydrogen-bond donors (Lipinski definition) is 1. The van der Waals surface area contributed by atoms with E-state index in [4.69, 9.17) is 11.6 Å². The zero-order valence-electron chi connectivity index (χ0n) is 11.2. The van der Waals surface area contributed by atoms with Gasteiger partial charge in [-0.1, -0.05) is 17.7 Å². The first-order valence-electron chi connectivity index (χ1n) is 6.66. The average molecular weight is 370 g/mol.